The highest BCUT2D eigenvalue weighted by molar-refractivity contribution is 5.01. The van der Waals surface area contributed by atoms with E-state index >= 15 is 0 Å². The van der Waals surface area contributed by atoms with Crippen molar-refractivity contribution in [3.8, 4) is 0 Å². The second-order valence-electron chi connectivity index (χ2n) is 4.90. The second kappa shape index (κ2) is 8.91. The summed E-state index contributed by atoms with van der Waals surface area (Å²) in [5, 5.41) is 9.79. The summed E-state index contributed by atoms with van der Waals surface area (Å²) in [5.41, 5.74) is 0. The number of unbranched alkanes of at least 4 members (excludes halogenated alkanes) is 1. The highest BCUT2D eigenvalue weighted by atomic mass is 17.0. The molecule has 0 aromatic rings. The van der Waals surface area contributed by atoms with Crippen molar-refractivity contribution in [1.29, 1.82) is 0 Å². The summed E-state index contributed by atoms with van der Waals surface area (Å²) in [7, 11) is 0. The minimum Gasteiger partial charge on any atom is -0.372 e. The maximum Gasteiger partial charge on any atom is 0.299 e. The van der Waals surface area contributed by atoms with Gasteiger partial charge in [0.1, 0.15) is 0 Å². The van der Waals surface area contributed by atoms with E-state index in [1.54, 1.807) is 0 Å². The van der Waals surface area contributed by atoms with Gasteiger partial charge in [0.05, 0.1) is 18.5 Å². The van der Waals surface area contributed by atoms with E-state index < -0.39 is 5.09 Å². The molecule has 0 aromatic heterocycles. The second-order valence-corrected chi connectivity index (χ2v) is 4.90. The van der Waals surface area contributed by atoms with Gasteiger partial charge in [-0.2, -0.15) is 0 Å². The van der Waals surface area contributed by atoms with Crippen molar-refractivity contribution < 1.29 is 14.7 Å². The molecular weight excluding hydrogens is 246 g/mol. The van der Waals surface area contributed by atoms with Crippen molar-refractivity contribution in [2.75, 3.05) is 0 Å². The van der Waals surface area contributed by atoms with Crippen LogP contribution in [0.4, 0.5) is 0 Å². The first-order chi connectivity index (χ1) is 9.17. The first kappa shape index (κ1) is 16.0. The first-order valence-electron chi connectivity index (χ1n) is 7.17. The van der Waals surface area contributed by atoms with Crippen LogP contribution in [0.15, 0.2) is 11.8 Å². The van der Waals surface area contributed by atoms with Gasteiger partial charge in [-0.3, -0.25) is 4.84 Å². The van der Waals surface area contributed by atoms with Gasteiger partial charge in [-0.15, -0.1) is 10.1 Å². The van der Waals surface area contributed by atoms with E-state index in [1.165, 1.54) is 0 Å². The fourth-order valence-corrected chi connectivity index (χ4v) is 2.38. The van der Waals surface area contributed by atoms with Crippen molar-refractivity contribution in [3.63, 3.8) is 0 Å². The average molecular weight is 270 g/mol. The van der Waals surface area contributed by atoms with E-state index in [0.717, 1.165) is 38.5 Å². The Morgan fingerprint density at radius 1 is 1.42 bits per heavy atom. The van der Waals surface area contributed by atoms with Gasteiger partial charge in [-0.25, -0.2) is 0 Å². The zero-order valence-electron chi connectivity index (χ0n) is 11.8. The van der Waals surface area contributed by atoms with Crippen molar-refractivity contribution in [3.05, 3.63) is 28.6 Å². The summed E-state index contributed by atoms with van der Waals surface area (Å²) in [6.45, 7) is 5.90. The lowest BCUT2D eigenvalue weighted by Gasteiger charge is -2.17. The van der Waals surface area contributed by atoms with Crippen molar-refractivity contribution >= 4 is 0 Å². The third kappa shape index (κ3) is 6.05. The van der Waals surface area contributed by atoms with Crippen molar-refractivity contribution in [2.24, 2.45) is 5.92 Å². The van der Waals surface area contributed by atoms with Gasteiger partial charge in [0, 0.05) is 5.92 Å². The van der Waals surface area contributed by atoms with Gasteiger partial charge in [-0.05, 0) is 32.1 Å². The summed E-state index contributed by atoms with van der Waals surface area (Å²) in [6.07, 6.45) is 8.57. The molecule has 1 saturated carbocycles. The molecule has 1 aliphatic rings. The molecule has 0 saturated heterocycles. The van der Waals surface area contributed by atoms with Crippen LogP contribution in [0.3, 0.4) is 0 Å². The predicted octanol–water partition coefficient (Wildman–Crippen LogP) is 4.03. The van der Waals surface area contributed by atoms with Gasteiger partial charge in [-0.1, -0.05) is 32.8 Å². The van der Waals surface area contributed by atoms with E-state index in [1.807, 2.05) is 19.6 Å². The minimum atomic E-state index is -0.718. The third-order valence-corrected chi connectivity index (χ3v) is 3.31. The Morgan fingerprint density at radius 2 is 2.21 bits per heavy atom. The Balaban J connectivity index is 2.60. The highest BCUT2D eigenvalue weighted by Gasteiger charge is 2.27. The van der Waals surface area contributed by atoms with Crippen LogP contribution in [-0.2, 0) is 9.57 Å². The molecule has 5 nitrogen and oxygen atoms in total. The molecule has 0 spiro atoms. The summed E-state index contributed by atoms with van der Waals surface area (Å²) < 4.78 is 5.68. The number of nitrogens with zero attached hydrogens (tertiary/aromatic N) is 1. The molecule has 1 fully saturated rings. The minimum absolute atomic E-state index is 0.145. The molecule has 0 heterocycles. The summed E-state index contributed by atoms with van der Waals surface area (Å²) >= 11 is 0. The Hall–Kier alpha value is -1.10. The highest BCUT2D eigenvalue weighted by Crippen LogP contribution is 2.31. The lowest BCUT2D eigenvalue weighted by atomic mass is 10.0. The maximum atomic E-state index is 10.5. The Labute approximate surface area is 115 Å². The van der Waals surface area contributed by atoms with Gasteiger partial charge >= 0.3 is 0 Å². The maximum absolute atomic E-state index is 10.5. The van der Waals surface area contributed by atoms with Crippen LogP contribution in [0.25, 0.3) is 0 Å². The van der Waals surface area contributed by atoms with Gasteiger partial charge < -0.3 is 4.74 Å². The zero-order valence-corrected chi connectivity index (χ0v) is 11.8. The van der Waals surface area contributed by atoms with Gasteiger partial charge in [0.25, 0.3) is 5.09 Å². The topological polar surface area (TPSA) is 61.6 Å². The molecular formula is C14H24NO4. The van der Waals surface area contributed by atoms with Crippen molar-refractivity contribution in [1.82, 2.24) is 0 Å². The molecule has 5 heteroatoms. The number of hydrogen-bond donors (Lipinski definition) is 0. The molecule has 19 heavy (non-hydrogen) atoms. The monoisotopic (exact) mass is 270 g/mol. The predicted molar refractivity (Wildman–Crippen MR) is 72.5 cm³/mol. The normalized spacial score (nSPS) is 23.6. The lowest BCUT2D eigenvalue weighted by Crippen LogP contribution is -2.16. The smallest absolute Gasteiger partial charge is 0.299 e. The summed E-state index contributed by atoms with van der Waals surface area (Å²) in [6, 6.07) is 0. The van der Waals surface area contributed by atoms with E-state index in [-0.39, 0.29) is 12.0 Å². The fraction of sp³-hybridized carbons (Fsp3) is 0.786. The third-order valence-electron chi connectivity index (χ3n) is 3.31. The molecule has 0 bridgehead atoms. The average Bonchev–Trinajstić information content (AvgIpc) is 2.80. The van der Waals surface area contributed by atoms with Crippen LogP contribution in [-0.4, -0.2) is 11.2 Å². The van der Waals surface area contributed by atoms with Crippen LogP contribution in [0.2, 0.25) is 0 Å². The SMILES string of the molecule is CC[CH]O[C@@H]1CCC[C@@H]1/C=C(/CCCC)O[N+](=O)[O-]. The van der Waals surface area contributed by atoms with Crippen LogP contribution in [0.1, 0.15) is 58.8 Å². The van der Waals surface area contributed by atoms with E-state index in [2.05, 4.69) is 11.8 Å². The molecule has 0 amide bonds. The zero-order chi connectivity index (χ0) is 14.1. The fourth-order valence-electron chi connectivity index (χ4n) is 2.38. The van der Waals surface area contributed by atoms with Crippen LogP contribution in [0, 0.1) is 22.6 Å². The van der Waals surface area contributed by atoms with E-state index in [9.17, 15) is 10.1 Å². The molecule has 0 aromatic carbocycles. The van der Waals surface area contributed by atoms with Crippen LogP contribution < -0.4 is 0 Å². The molecule has 109 valence electrons. The molecule has 0 N–H and O–H groups in total. The van der Waals surface area contributed by atoms with E-state index in [0.29, 0.717) is 12.2 Å². The van der Waals surface area contributed by atoms with Gasteiger partial charge in [0.2, 0.25) is 0 Å². The largest absolute Gasteiger partial charge is 0.372 e. The molecule has 1 radical (unpaired) electrons. The summed E-state index contributed by atoms with van der Waals surface area (Å²) in [5.74, 6) is 0.707. The molecule has 1 rings (SSSR count). The first-order valence-corrected chi connectivity index (χ1v) is 7.17. The molecule has 2 atom stereocenters. The number of ether oxygens (including phenoxy) is 1. The molecule has 0 unspecified atom stereocenters. The Kier molecular flexibility index (Phi) is 7.48. The number of hydrogen-bond acceptors (Lipinski definition) is 4. The van der Waals surface area contributed by atoms with Gasteiger partial charge in [0.15, 0.2) is 0 Å². The number of rotatable bonds is 9. The summed E-state index contributed by atoms with van der Waals surface area (Å²) in [4.78, 5) is 15.2. The standard InChI is InChI=1S/C14H24NO4/c1-3-5-8-13(19-15(16)17)11-12-7-6-9-14(12)18-10-4-2/h10-12,14H,3-9H2,1-2H3/b13-11-/t12-,14-/m1/s1. The van der Waals surface area contributed by atoms with E-state index in [4.69, 9.17) is 4.74 Å². The Morgan fingerprint density at radius 3 is 2.84 bits per heavy atom. The Bertz CT molecular complexity index is 304. The van der Waals surface area contributed by atoms with Crippen molar-refractivity contribution in [2.45, 2.75) is 64.9 Å². The molecule has 0 aliphatic heterocycles. The molecule has 1 aliphatic carbocycles. The van der Waals surface area contributed by atoms with Crippen LogP contribution in [0.5, 0.6) is 0 Å². The van der Waals surface area contributed by atoms with Crippen LogP contribution >= 0.6 is 0 Å². The quantitative estimate of drug-likeness (QED) is 0.360. The number of allylic oxidation sites excluding steroid dienone is 1. The lowest BCUT2D eigenvalue weighted by molar-refractivity contribution is -0.743.